The van der Waals surface area contributed by atoms with Crippen LogP contribution in [0.15, 0.2) is 124 Å². The molecule has 1 heterocycles. The summed E-state index contributed by atoms with van der Waals surface area (Å²) in [7, 11) is 0. The van der Waals surface area contributed by atoms with E-state index in [1.54, 1.807) is 36.4 Å². The van der Waals surface area contributed by atoms with Crippen molar-refractivity contribution in [2.45, 2.75) is 6.18 Å². The zero-order valence-corrected chi connectivity index (χ0v) is 21.1. The molecule has 0 bridgehead atoms. The second-order valence-corrected chi connectivity index (χ2v) is 9.15. The van der Waals surface area contributed by atoms with Gasteiger partial charge in [0.2, 0.25) is 11.2 Å². The highest BCUT2D eigenvalue weighted by atomic mass is 19.4. The fourth-order valence-corrected chi connectivity index (χ4v) is 4.53. The van der Waals surface area contributed by atoms with Gasteiger partial charge in [-0.3, -0.25) is 4.79 Å². The third-order valence-corrected chi connectivity index (χ3v) is 6.48. The van der Waals surface area contributed by atoms with Crippen LogP contribution in [-0.2, 0) is 6.18 Å². The molecule has 0 fully saturated rings. The number of carbonyl (C=O) groups is 1. The van der Waals surface area contributed by atoms with Gasteiger partial charge < -0.3 is 13.9 Å². The normalized spacial score (nSPS) is 11.5. The lowest BCUT2D eigenvalue weighted by Crippen LogP contribution is -2.15. The smallest absolute Gasteiger partial charge is 0.449 e. The van der Waals surface area contributed by atoms with Crippen molar-refractivity contribution in [2.75, 3.05) is 0 Å². The number of fused-ring (bicyclic) bond motifs is 2. The summed E-state index contributed by atoms with van der Waals surface area (Å²) in [5, 5.41) is 1.31. The molecule has 41 heavy (non-hydrogen) atoms. The minimum absolute atomic E-state index is 0.0301. The number of halogens is 3. The Morgan fingerprint density at radius 3 is 2.10 bits per heavy atom. The van der Waals surface area contributed by atoms with Crippen molar-refractivity contribution in [3.8, 4) is 28.4 Å². The minimum Gasteiger partial charge on any atom is -0.449 e. The number of benzene rings is 5. The maximum Gasteiger partial charge on any atom is 0.453 e. The van der Waals surface area contributed by atoms with E-state index in [9.17, 15) is 22.8 Å². The Balaban J connectivity index is 1.34. The van der Waals surface area contributed by atoms with E-state index in [0.717, 1.165) is 22.6 Å². The van der Waals surface area contributed by atoms with Crippen molar-refractivity contribution in [3.63, 3.8) is 0 Å². The van der Waals surface area contributed by atoms with E-state index in [1.807, 2.05) is 48.5 Å². The number of ether oxygens (including phenoxy) is 2. The van der Waals surface area contributed by atoms with Crippen LogP contribution in [0.2, 0.25) is 0 Å². The van der Waals surface area contributed by atoms with E-state index in [1.165, 1.54) is 24.3 Å². The van der Waals surface area contributed by atoms with Crippen LogP contribution in [-0.4, -0.2) is 5.97 Å². The first kappa shape index (κ1) is 25.9. The van der Waals surface area contributed by atoms with Gasteiger partial charge in [0.05, 0.1) is 10.9 Å². The first-order valence-corrected chi connectivity index (χ1v) is 12.5. The van der Waals surface area contributed by atoms with Gasteiger partial charge >= 0.3 is 12.1 Å². The van der Waals surface area contributed by atoms with Gasteiger partial charge in [0.15, 0.2) is 0 Å². The van der Waals surface area contributed by atoms with E-state index in [-0.39, 0.29) is 22.4 Å². The van der Waals surface area contributed by atoms with Crippen LogP contribution in [0.1, 0.15) is 16.1 Å². The summed E-state index contributed by atoms with van der Waals surface area (Å²) in [6.45, 7) is 0. The summed E-state index contributed by atoms with van der Waals surface area (Å²) in [5.74, 6) is -3.35. The van der Waals surface area contributed by atoms with E-state index < -0.39 is 34.7 Å². The van der Waals surface area contributed by atoms with Gasteiger partial charge in [-0.15, -0.1) is 0 Å². The summed E-state index contributed by atoms with van der Waals surface area (Å²) in [6.07, 6.45) is -5.04. The average molecular weight is 553 g/mol. The second kappa shape index (κ2) is 10.3. The number of esters is 1. The van der Waals surface area contributed by atoms with Crippen LogP contribution in [0.25, 0.3) is 32.9 Å². The summed E-state index contributed by atoms with van der Waals surface area (Å²) >= 11 is 0. The molecule has 6 aromatic rings. The molecule has 8 heteroatoms. The van der Waals surface area contributed by atoms with E-state index in [0.29, 0.717) is 5.39 Å². The Morgan fingerprint density at radius 1 is 0.683 bits per heavy atom. The van der Waals surface area contributed by atoms with Gasteiger partial charge in [-0.05, 0) is 52.2 Å². The van der Waals surface area contributed by atoms with Crippen LogP contribution in [0.5, 0.6) is 17.2 Å². The third-order valence-electron chi connectivity index (χ3n) is 6.48. The van der Waals surface area contributed by atoms with Gasteiger partial charge in [-0.2, -0.15) is 13.2 Å². The topological polar surface area (TPSA) is 65.7 Å². The molecule has 0 aliphatic heterocycles. The zero-order valence-electron chi connectivity index (χ0n) is 21.1. The lowest BCUT2D eigenvalue weighted by Gasteiger charge is -2.14. The molecule has 0 aliphatic rings. The Bertz CT molecular complexity index is 1960. The summed E-state index contributed by atoms with van der Waals surface area (Å²) in [6, 6.07) is 31.7. The highest BCUT2D eigenvalue weighted by Gasteiger charge is 2.40. The van der Waals surface area contributed by atoms with Gasteiger partial charge in [-0.25, -0.2) is 4.79 Å². The number of alkyl halides is 3. The van der Waals surface area contributed by atoms with Crippen molar-refractivity contribution in [2.24, 2.45) is 0 Å². The number of carbonyl (C=O) groups excluding carboxylic acids is 1. The minimum atomic E-state index is -5.04. The Labute approximate surface area is 231 Å². The average Bonchev–Trinajstić information content (AvgIpc) is 2.98. The number of hydrogen-bond acceptors (Lipinski definition) is 5. The van der Waals surface area contributed by atoms with Crippen LogP contribution >= 0.6 is 0 Å². The maximum atomic E-state index is 14.0. The van der Waals surface area contributed by atoms with E-state index >= 15 is 0 Å². The van der Waals surface area contributed by atoms with Crippen LogP contribution in [0, 0.1) is 0 Å². The molecule has 0 spiro atoms. The van der Waals surface area contributed by atoms with Crippen molar-refractivity contribution in [3.05, 3.63) is 137 Å². The Hall–Kier alpha value is -5.37. The summed E-state index contributed by atoms with van der Waals surface area (Å²) < 4.78 is 58.1. The molecule has 0 saturated carbocycles. The van der Waals surface area contributed by atoms with Crippen molar-refractivity contribution in [1.29, 1.82) is 0 Å². The predicted octanol–water partition coefficient (Wildman–Crippen LogP) is 8.64. The number of rotatable bonds is 5. The van der Waals surface area contributed by atoms with E-state index in [4.69, 9.17) is 13.9 Å². The molecule has 6 rings (SSSR count). The lowest BCUT2D eigenvalue weighted by atomic mass is 10.0. The van der Waals surface area contributed by atoms with Gasteiger partial charge in [0.1, 0.15) is 17.1 Å². The summed E-state index contributed by atoms with van der Waals surface area (Å²) in [4.78, 5) is 26.1. The largest absolute Gasteiger partial charge is 0.453 e. The molecule has 0 radical (unpaired) electrons. The van der Waals surface area contributed by atoms with Gasteiger partial charge in [-0.1, -0.05) is 78.9 Å². The molecule has 0 unspecified atom stereocenters. The first-order valence-electron chi connectivity index (χ1n) is 12.5. The molecule has 0 aliphatic carbocycles. The fourth-order valence-electron chi connectivity index (χ4n) is 4.53. The summed E-state index contributed by atoms with van der Waals surface area (Å²) in [5.41, 5.74) is 0.597. The lowest BCUT2D eigenvalue weighted by molar-refractivity contribution is -0.154. The first-order chi connectivity index (χ1) is 19.8. The van der Waals surface area contributed by atoms with Crippen LogP contribution in [0.3, 0.4) is 0 Å². The molecule has 0 saturated heterocycles. The molecule has 0 N–H and O–H groups in total. The highest BCUT2D eigenvalue weighted by Crippen LogP contribution is 2.39. The predicted molar refractivity (Wildman–Crippen MR) is 148 cm³/mol. The second-order valence-electron chi connectivity index (χ2n) is 9.15. The molecule has 0 atom stereocenters. The standard InChI is InChI=1S/C33H19F3O5/c34-33(35,36)31-30(39-23-15-13-21(14-16-23)20-7-2-1-3-8-20)29(37)27-18-17-24(19-28(27)41-31)40-32(38)26-12-6-10-22-9-4-5-11-25(22)26/h1-19H. The Kier molecular flexibility index (Phi) is 6.51. The number of hydrogen-bond donors (Lipinski definition) is 0. The highest BCUT2D eigenvalue weighted by molar-refractivity contribution is 6.05. The monoisotopic (exact) mass is 552 g/mol. The van der Waals surface area contributed by atoms with Gasteiger partial charge in [0.25, 0.3) is 5.76 Å². The van der Waals surface area contributed by atoms with Crippen LogP contribution in [0.4, 0.5) is 13.2 Å². The molecule has 5 nitrogen and oxygen atoms in total. The maximum absolute atomic E-state index is 14.0. The molecular weight excluding hydrogens is 533 g/mol. The molecule has 1 aromatic heterocycles. The van der Waals surface area contributed by atoms with Crippen LogP contribution < -0.4 is 14.9 Å². The Morgan fingerprint density at radius 2 is 1.34 bits per heavy atom. The third kappa shape index (κ3) is 5.15. The van der Waals surface area contributed by atoms with E-state index in [2.05, 4.69) is 0 Å². The van der Waals surface area contributed by atoms with Crippen molar-refractivity contribution < 1.29 is 31.9 Å². The fraction of sp³-hybridized carbons (Fsp3) is 0.0303. The molecule has 202 valence electrons. The molecular formula is C33H19F3O5. The molecule has 0 amide bonds. The van der Waals surface area contributed by atoms with Crippen molar-refractivity contribution in [1.82, 2.24) is 0 Å². The van der Waals surface area contributed by atoms with Crippen molar-refractivity contribution >= 4 is 27.7 Å². The molecule has 5 aromatic carbocycles. The SMILES string of the molecule is O=C(Oc1ccc2c(=O)c(Oc3ccc(-c4ccccc4)cc3)c(C(F)(F)F)oc2c1)c1cccc2ccccc12. The van der Waals surface area contributed by atoms with Gasteiger partial charge in [0, 0.05) is 6.07 Å². The quantitative estimate of drug-likeness (QED) is 0.158. The zero-order chi connectivity index (χ0) is 28.6.